The highest BCUT2D eigenvalue weighted by Crippen LogP contribution is 1.93. The first-order chi connectivity index (χ1) is 5.36. The normalized spacial score (nSPS) is 8.55. The van der Waals surface area contributed by atoms with Crippen LogP contribution in [0.25, 0.3) is 0 Å². The van der Waals surface area contributed by atoms with Gasteiger partial charge in [-0.15, -0.1) is 0 Å². The van der Waals surface area contributed by atoms with Gasteiger partial charge < -0.3 is 0 Å². The van der Waals surface area contributed by atoms with E-state index >= 15 is 0 Å². The van der Waals surface area contributed by atoms with Gasteiger partial charge in [-0.05, 0) is 19.3 Å². The van der Waals surface area contributed by atoms with Gasteiger partial charge in [-0.1, -0.05) is 12.8 Å². The third-order valence-electron chi connectivity index (χ3n) is 1.32. The lowest BCUT2D eigenvalue weighted by Gasteiger charge is -1.92. The molecule has 0 radical (unpaired) electrons. The van der Waals surface area contributed by atoms with E-state index in [1.54, 1.807) is 19.3 Å². The molecule has 0 atom stereocenters. The predicted octanol–water partition coefficient (Wildman–Crippen LogP) is 1.41. The van der Waals surface area contributed by atoms with Crippen molar-refractivity contribution in [1.29, 1.82) is 0 Å². The molecule has 0 bridgehead atoms. The molecule has 1 aromatic heterocycles. The van der Waals surface area contributed by atoms with Crippen LogP contribution in [0.5, 0.6) is 0 Å². The van der Waals surface area contributed by atoms with E-state index in [-0.39, 0.29) is 0 Å². The van der Waals surface area contributed by atoms with Crippen molar-refractivity contribution in [1.82, 2.24) is 9.97 Å². The lowest BCUT2D eigenvalue weighted by atomic mass is 10.3. The Morgan fingerprint density at radius 2 is 2.18 bits per heavy atom. The molecule has 0 saturated heterocycles. The molecule has 0 aliphatic rings. The van der Waals surface area contributed by atoms with Gasteiger partial charge in [0.15, 0.2) is 0 Å². The number of aromatic nitrogens is 2. The Labute approximate surface area is 66.7 Å². The highest BCUT2D eigenvalue weighted by molar-refractivity contribution is 5.24. The van der Waals surface area contributed by atoms with E-state index in [9.17, 15) is 0 Å². The van der Waals surface area contributed by atoms with Gasteiger partial charge >= 0.3 is 0 Å². The summed E-state index contributed by atoms with van der Waals surface area (Å²) in [7, 11) is 0. The molecule has 0 aliphatic carbocycles. The zero-order chi connectivity index (χ0) is 8.10. The number of rotatable bonds is 1. The molecule has 2 nitrogen and oxygen atoms in total. The van der Waals surface area contributed by atoms with Crippen LogP contribution in [0.15, 0.2) is 12.4 Å². The highest BCUT2D eigenvalue weighted by Gasteiger charge is 1.90. The zero-order valence-corrected chi connectivity index (χ0v) is 6.76. The van der Waals surface area contributed by atoms with Gasteiger partial charge in [-0.2, -0.15) is 0 Å². The molecule has 1 aromatic rings. The number of hydrogen-bond donors (Lipinski definition) is 0. The number of aryl methyl sites for hydroxylation is 1. The molecule has 0 aromatic carbocycles. The molecule has 0 aliphatic heterocycles. The topological polar surface area (TPSA) is 25.8 Å². The van der Waals surface area contributed by atoms with Crippen molar-refractivity contribution >= 4 is 0 Å². The summed E-state index contributed by atoms with van der Waals surface area (Å²) in [4.78, 5) is 8.25. The van der Waals surface area contributed by atoms with E-state index in [1.165, 1.54) is 0 Å². The Kier molecular flexibility index (Phi) is 2.62. The largest absolute Gasteiger partial charge is 0.257 e. The Morgan fingerprint density at radius 1 is 1.36 bits per heavy atom. The second-order valence-electron chi connectivity index (χ2n) is 2.12. The second-order valence-corrected chi connectivity index (χ2v) is 2.12. The summed E-state index contributed by atoms with van der Waals surface area (Å²) < 4.78 is 0. The minimum atomic E-state index is 0.740. The maximum absolute atomic E-state index is 4.15. The van der Waals surface area contributed by atoms with Crippen molar-refractivity contribution in [3.8, 4) is 11.8 Å². The summed E-state index contributed by atoms with van der Waals surface area (Å²) in [5.74, 6) is 5.60. The van der Waals surface area contributed by atoms with E-state index in [4.69, 9.17) is 0 Å². The van der Waals surface area contributed by atoms with Crippen LogP contribution < -0.4 is 0 Å². The summed E-state index contributed by atoms with van der Waals surface area (Å²) in [6.07, 6.45) is 4.39. The van der Waals surface area contributed by atoms with Gasteiger partial charge in [0.1, 0.15) is 5.69 Å². The van der Waals surface area contributed by atoms with Gasteiger partial charge in [-0.3, -0.25) is 4.98 Å². The predicted molar refractivity (Wildman–Crippen MR) is 44.0 cm³/mol. The van der Waals surface area contributed by atoms with E-state index in [1.807, 2.05) is 0 Å². The fraction of sp³-hybridized carbons (Fsp3) is 0.333. The van der Waals surface area contributed by atoms with Crippen LogP contribution >= 0.6 is 0 Å². The monoisotopic (exact) mass is 146 g/mol. The van der Waals surface area contributed by atoms with E-state index < -0.39 is 0 Å². The molecule has 11 heavy (non-hydrogen) atoms. The molecule has 2 heteroatoms. The molecule has 0 N–H and O–H groups in total. The SMILES string of the molecule is CC#Cc1cnc(CC)cn1. The molecule has 0 spiro atoms. The van der Waals surface area contributed by atoms with Crippen molar-refractivity contribution in [2.75, 3.05) is 0 Å². The van der Waals surface area contributed by atoms with E-state index in [0.717, 1.165) is 17.8 Å². The smallest absolute Gasteiger partial charge is 0.131 e. The van der Waals surface area contributed by atoms with Crippen LogP contribution in [0.4, 0.5) is 0 Å². The molecule has 0 unspecified atom stereocenters. The Morgan fingerprint density at radius 3 is 2.64 bits per heavy atom. The second kappa shape index (κ2) is 3.72. The van der Waals surface area contributed by atoms with Crippen LogP contribution in [0.3, 0.4) is 0 Å². The third kappa shape index (κ3) is 2.05. The Bertz CT molecular complexity index is 277. The average molecular weight is 146 g/mol. The molecule has 0 saturated carbocycles. The van der Waals surface area contributed by atoms with E-state index in [0.29, 0.717) is 0 Å². The fourth-order valence-electron chi connectivity index (χ4n) is 0.730. The quantitative estimate of drug-likeness (QED) is 0.560. The minimum absolute atomic E-state index is 0.740. The standard InChI is InChI=1S/C9H10N2/c1-3-5-9-7-10-8(4-2)6-11-9/h6-7H,4H2,1-2H3. The fourth-order valence-corrected chi connectivity index (χ4v) is 0.730. The van der Waals surface area contributed by atoms with Gasteiger partial charge in [-0.25, -0.2) is 4.98 Å². The third-order valence-corrected chi connectivity index (χ3v) is 1.32. The molecule has 56 valence electrons. The van der Waals surface area contributed by atoms with E-state index in [2.05, 4.69) is 28.7 Å². The Balaban J connectivity index is 2.88. The van der Waals surface area contributed by atoms with Crippen LogP contribution in [-0.4, -0.2) is 9.97 Å². The van der Waals surface area contributed by atoms with Crippen LogP contribution in [-0.2, 0) is 6.42 Å². The molecular formula is C9H10N2. The molecular weight excluding hydrogens is 136 g/mol. The summed E-state index contributed by atoms with van der Waals surface area (Å²) in [5.41, 5.74) is 1.75. The van der Waals surface area contributed by atoms with Crippen LogP contribution in [0, 0.1) is 11.8 Å². The van der Waals surface area contributed by atoms with Gasteiger partial charge in [0.25, 0.3) is 0 Å². The number of nitrogens with zero attached hydrogens (tertiary/aromatic N) is 2. The zero-order valence-electron chi connectivity index (χ0n) is 6.76. The van der Waals surface area contributed by atoms with Crippen LogP contribution in [0.1, 0.15) is 25.2 Å². The maximum Gasteiger partial charge on any atom is 0.131 e. The summed E-state index contributed by atoms with van der Waals surface area (Å²) in [6, 6.07) is 0. The van der Waals surface area contributed by atoms with Gasteiger partial charge in [0.05, 0.1) is 11.9 Å². The lowest BCUT2D eigenvalue weighted by molar-refractivity contribution is 0.993. The van der Waals surface area contributed by atoms with Gasteiger partial charge in [0, 0.05) is 6.20 Å². The van der Waals surface area contributed by atoms with Crippen molar-refractivity contribution in [3.63, 3.8) is 0 Å². The molecule has 0 amide bonds. The minimum Gasteiger partial charge on any atom is -0.257 e. The Hall–Kier alpha value is -1.36. The molecule has 1 heterocycles. The first-order valence-corrected chi connectivity index (χ1v) is 3.60. The van der Waals surface area contributed by atoms with Crippen molar-refractivity contribution in [2.45, 2.75) is 20.3 Å². The van der Waals surface area contributed by atoms with Crippen molar-refractivity contribution < 1.29 is 0 Å². The first-order valence-electron chi connectivity index (χ1n) is 3.60. The van der Waals surface area contributed by atoms with Crippen LogP contribution in [0.2, 0.25) is 0 Å². The summed E-state index contributed by atoms with van der Waals surface area (Å²) >= 11 is 0. The highest BCUT2D eigenvalue weighted by atomic mass is 14.8. The van der Waals surface area contributed by atoms with Gasteiger partial charge in [0.2, 0.25) is 0 Å². The molecule has 0 fully saturated rings. The maximum atomic E-state index is 4.15. The average Bonchev–Trinajstić information content (AvgIpc) is 2.07. The summed E-state index contributed by atoms with van der Waals surface area (Å²) in [6.45, 7) is 3.84. The lowest BCUT2D eigenvalue weighted by Crippen LogP contribution is -1.90. The summed E-state index contributed by atoms with van der Waals surface area (Å²) in [5, 5.41) is 0. The van der Waals surface area contributed by atoms with Crippen molar-refractivity contribution in [3.05, 3.63) is 23.8 Å². The number of hydrogen-bond acceptors (Lipinski definition) is 2. The van der Waals surface area contributed by atoms with Crippen molar-refractivity contribution in [2.24, 2.45) is 0 Å². The molecule has 1 rings (SSSR count). The first kappa shape index (κ1) is 7.74.